The number of hydrogen-bond donors (Lipinski definition) is 2. The second kappa shape index (κ2) is 5.11. The summed E-state index contributed by atoms with van der Waals surface area (Å²) in [6.45, 7) is 2.77. The van der Waals surface area contributed by atoms with Crippen LogP contribution in [0.4, 0.5) is 5.13 Å². The van der Waals surface area contributed by atoms with E-state index in [1.165, 1.54) is 0 Å². The third-order valence-corrected chi connectivity index (χ3v) is 2.39. The molecule has 0 fully saturated rings. The summed E-state index contributed by atoms with van der Waals surface area (Å²) in [4.78, 5) is 4.06. The molecule has 2 N–H and O–H groups in total. The van der Waals surface area contributed by atoms with E-state index in [1.807, 2.05) is 12.3 Å². The molecule has 1 rings (SSSR count). The largest absolute Gasteiger partial charge is 0.393 e. The summed E-state index contributed by atoms with van der Waals surface area (Å²) in [5, 5.41) is 15.2. The van der Waals surface area contributed by atoms with Crippen molar-refractivity contribution in [2.75, 3.05) is 11.9 Å². The third kappa shape index (κ3) is 3.19. The van der Waals surface area contributed by atoms with E-state index in [4.69, 9.17) is 0 Å². The van der Waals surface area contributed by atoms with Crippen LogP contribution in [0.15, 0.2) is 11.6 Å². The zero-order valence-corrected chi connectivity index (χ0v) is 7.97. The maximum absolute atomic E-state index is 9.23. The van der Waals surface area contributed by atoms with E-state index >= 15 is 0 Å². The number of hydrogen-bond acceptors (Lipinski definition) is 4. The number of aromatic nitrogens is 1. The van der Waals surface area contributed by atoms with Gasteiger partial charge in [-0.2, -0.15) is 0 Å². The van der Waals surface area contributed by atoms with E-state index < -0.39 is 0 Å². The first-order chi connectivity index (χ1) is 5.83. The molecule has 0 aromatic carbocycles. The van der Waals surface area contributed by atoms with Gasteiger partial charge < -0.3 is 10.4 Å². The standard InChI is InChI=1S/C8H14N2OS/c1-2-7(11)3-4-9-8-10-5-6-12-8/h5-7,11H,2-4H2,1H3,(H,9,10). The van der Waals surface area contributed by atoms with E-state index in [0.717, 1.165) is 24.5 Å². The Morgan fingerprint density at radius 3 is 3.17 bits per heavy atom. The fourth-order valence-electron chi connectivity index (χ4n) is 0.861. The Morgan fingerprint density at radius 2 is 2.58 bits per heavy atom. The second-order valence-corrected chi connectivity index (χ2v) is 3.51. The molecule has 1 heterocycles. The monoisotopic (exact) mass is 186 g/mol. The smallest absolute Gasteiger partial charge is 0.182 e. The van der Waals surface area contributed by atoms with Gasteiger partial charge in [-0.3, -0.25) is 0 Å². The molecule has 0 radical (unpaired) electrons. The minimum absolute atomic E-state index is 0.183. The van der Waals surface area contributed by atoms with Crippen LogP contribution < -0.4 is 5.32 Å². The number of rotatable bonds is 5. The number of aliphatic hydroxyl groups excluding tert-OH is 1. The fourth-order valence-corrected chi connectivity index (χ4v) is 1.42. The first-order valence-corrected chi connectivity index (χ1v) is 5.02. The van der Waals surface area contributed by atoms with Gasteiger partial charge in [0.2, 0.25) is 0 Å². The van der Waals surface area contributed by atoms with Gasteiger partial charge in [0.1, 0.15) is 0 Å². The molecule has 0 aliphatic carbocycles. The van der Waals surface area contributed by atoms with Crippen molar-refractivity contribution in [3.8, 4) is 0 Å². The van der Waals surface area contributed by atoms with Gasteiger partial charge in [-0.15, -0.1) is 11.3 Å². The number of thiazole rings is 1. The van der Waals surface area contributed by atoms with Crippen molar-refractivity contribution in [1.82, 2.24) is 4.98 Å². The minimum atomic E-state index is -0.183. The van der Waals surface area contributed by atoms with Gasteiger partial charge in [-0.05, 0) is 12.8 Å². The topological polar surface area (TPSA) is 45.1 Å². The highest BCUT2D eigenvalue weighted by molar-refractivity contribution is 7.13. The Kier molecular flexibility index (Phi) is 4.04. The quantitative estimate of drug-likeness (QED) is 0.736. The number of nitrogens with one attached hydrogen (secondary N) is 1. The summed E-state index contributed by atoms with van der Waals surface area (Å²) in [7, 11) is 0. The fraction of sp³-hybridized carbons (Fsp3) is 0.625. The van der Waals surface area contributed by atoms with Crippen LogP contribution in [-0.2, 0) is 0 Å². The molecule has 0 spiro atoms. The van der Waals surface area contributed by atoms with E-state index in [-0.39, 0.29) is 6.10 Å². The van der Waals surface area contributed by atoms with Gasteiger partial charge in [0, 0.05) is 18.1 Å². The van der Waals surface area contributed by atoms with Crippen LogP contribution in [0, 0.1) is 0 Å². The van der Waals surface area contributed by atoms with E-state index in [9.17, 15) is 5.11 Å². The van der Waals surface area contributed by atoms with Gasteiger partial charge in [0.25, 0.3) is 0 Å². The number of nitrogens with zero attached hydrogens (tertiary/aromatic N) is 1. The summed E-state index contributed by atoms with van der Waals surface area (Å²) in [5.74, 6) is 0. The van der Waals surface area contributed by atoms with Crippen molar-refractivity contribution in [3.63, 3.8) is 0 Å². The molecule has 0 bridgehead atoms. The van der Waals surface area contributed by atoms with Crippen LogP contribution in [-0.4, -0.2) is 22.7 Å². The zero-order chi connectivity index (χ0) is 8.81. The van der Waals surface area contributed by atoms with Crippen molar-refractivity contribution in [1.29, 1.82) is 0 Å². The lowest BCUT2D eigenvalue weighted by Gasteiger charge is -2.06. The Labute approximate surface area is 76.5 Å². The lowest BCUT2D eigenvalue weighted by atomic mass is 10.2. The minimum Gasteiger partial charge on any atom is -0.393 e. The van der Waals surface area contributed by atoms with Gasteiger partial charge in [0.15, 0.2) is 5.13 Å². The first-order valence-electron chi connectivity index (χ1n) is 4.14. The average Bonchev–Trinajstić information content (AvgIpc) is 2.57. The molecule has 12 heavy (non-hydrogen) atoms. The molecular formula is C8H14N2OS. The van der Waals surface area contributed by atoms with Gasteiger partial charge in [0.05, 0.1) is 6.10 Å². The third-order valence-electron chi connectivity index (χ3n) is 1.66. The van der Waals surface area contributed by atoms with E-state index in [0.29, 0.717) is 0 Å². The zero-order valence-electron chi connectivity index (χ0n) is 7.16. The highest BCUT2D eigenvalue weighted by atomic mass is 32.1. The van der Waals surface area contributed by atoms with Crippen LogP contribution in [0.1, 0.15) is 19.8 Å². The molecule has 0 amide bonds. The van der Waals surface area contributed by atoms with Gasteiger partial charge in [-0.1, -0.05) is 6.92 Å². The molecule has 0 aliphatic heterocycles. The van der Waals surface area contributed by atoms with Crippen molar-refractivity contribution in [2.24, 2.45) is 0 Å². The summed E-state index contributed by atoms with van der Waals surface area (Å²) in [5.41, 5.74) is 0. The van der Waals surface area contributed by atoms with Crippen LogP contribution in [0.5, 0.6) is 0 Å². The van der Waals surface area contributed by atoms with Crippen molar-refractivity contribution < 1.29 is 5.11 Å². The maximum Gasteiger partial charge on any atom is 0.182 e. The Hall–Kier alpha value is -0.610. The average molecular weight is 186 g/mol. The molecule has 1 unspecified atom stereocenters. The normalized spacial score (nSPS) is 12.8. The molecule has 0 saturated heterocycles. The molecule has 1 aromatic rings. The Morgan fingerprint density at radius 1 is 1.75 bits per heavy atom. The molecule has 0 saturated carbocycles. The summed E-state index contributed by atoms with van der Waals surface area (Å²) < 4.78 is 0. The van der Waals surface area contributed by atoms with E-state index in [1.54, 1.807) is 17.5 Å². The van der Waals surface area contributed by atoms with Crippen LogP contribution in [0.25, 0.3) is 0 Å². The summed E-state index contributed by atoms with van der Waals surface area (Å²) in [6.07, 6.45) is 3.19. The molecule has 68 valence electrons. The molecule has 3 nitrogen and oxygen atoms in total. The molecular weight excluding hydrogens is 172 g/mol. The van der Waals surface area contributed by atoms with Crippen molar-refractivity contribution in [2.45, 2.75) is 25.9 Å². The highest BCUT2D eigenvalue weighted by Gasteiger charge is 1.99. The Bertz CT molecular complexity index is 201. The number of aliphatic hydroxyl groups is 1. The van der Waals surface area contributed by atoms with Gasteiger partial charge >= 0.3 is 0 Å². The SMILES string of the molecule is CCC(O)CCNc1nccs1. The van der Waals surface area contributed by atoms with Crippen LogP contribution in [0.3, 0.4) is 0 Å². The number of anilines is 1. The predicted octanol–water partition coefficient (Wildman–Crippen LogP) is 1.72. The molecule has 0 aliphatic rings. The lowest BCUT2D eigenvalue weighted by Crippen LogP contribution is -2.11. The maximum atomic E-state index is 9.23. The lowest BCUT2D eigenvalue weighted by molar-refractivity contribution is 0.164. The van der Waals surface area contributed by atoms with E-state index in [2.05, 4.69) is 10.3 Å². The van der Waals surface area contributed by atoms with Crippen LogP contribution >= 0.6 is 11.3 Å². The summed E-state index contributed by atoms with van der Waals surface area (Å²) >= 11 is 1.58. The Balaban J connectivity index is 2.11. The van der Waals surface area contributed by atoms with Crippen LogP contribution in [0.2, 0.25) is 0 Å². The molecule has 1 atom stereocenters. The van der Waals surface area contributed by atoms with Gasteiger partial charge in [-0.25, -0.2) is 4.98 Å². The predicted molar refractivity (Wildman–Crippen MR) is 51.5 cm³/mol. The molecule has 4 heteroatoms. The highest BCUT2D eigenvalue weighted by Crippen LogP contribution is 2.10. The van der Waals surface area contributed by atoms with Crippen molar-refractivity contribution in [3.05, 3.63) is 11.6 Å². The second-order valence-electron chi connectivity index (χ2n) is 2.61. The van der Waals surface area contributed by atoms with Crippen molar-refractivity contribution >= 4 is 16.5 Å². The molecule has 1 aromatic heterocycles. The summed E-state index contributed by atoms with van der Waals surface area (Å²) in [6, 6.07) is 0. The first kappa shape index (κ1) is 9.48.